The van der Waals surface area contributed by atoms with E-state index in [9.17, 15) is 9.90 Å². The number of phenols is 1. The van der Waals surface area contributed by atoms with Crippen molar-refractivity contribution in [1.29, 1.82) is 0 Å². The zero-order valence-electron chi connectivity index (χ0n) is 11.1. The van der Waals surface area contributed by atoms with Gasteiger partial charge in [-0.15, -0.1) is 0 Å². The van der Waals surface area contributed by atoms with Gasteiger partial charge in [0.25, 0.3) is 0 Å². The Hall–Kier alpha value is -2.49. The first-order valence-corrected chi connectivity index (χ1v) is 6.46. The third kappa shape index (κ3) is 2.20. The normalized spacial score (nSPS) is 11.1. The molecule has 4 nitrogen and oxygen atoms in total. The van der Waals surface area contributed by atoms with E-state index in [0.29, 0.717) is 6.61 Å². The van der Waals surface area contributed by atoms with Crippen molar-refractivity contribution in [3.63, 3.8) is 0 Å². The standard InChI is InChI=1S/C16H14O4/c1-2-19-16(18)8-12-9-20-15-7-10-3-4-13(17)5-11(10)6-14(12)15/h3-7,9,17H,2,8H2,1H3. The van der Waals surface area contributed by atoms with E-state index in [4.69, 9.17) is 9.15 Å². The fourth-order valence-electron chi connectivity index (χ4n) is 2.32. The Morgan fingerprint density at radius 3 is 2.90 bits per heavy atom. The minimum Gasteiger partial charge on any atom is -0.508 e. The molecule has 2 aromatic carbocycles. The van der Waals surface area contributed by atoms with E-state index < -0.39 is 0 Å². The molecule has 1 aromatic heterocycles. The summed E-state index contributed by atoms with van der Waals surface area (Å²) in [6.07, 6.45) is 1.77. The maximum atomic E-state index is 11.6. The Balaban J connectivity index is 2.08. The number of hydrogen-bond donors (Lipinski definition) is 1. The first kappa shape index (κ1) is 12.5. The topological polar surface area (TPSA) is 59.7 Å². The highest BCUT2D eigenvalue weighted by molar-refractivity contribution is 5.98. The molecule has 0 aliphatic heterocycles. The fourth-order valence-corrected chi connectivity index (χ4v) is 2.32. The molecular formula is C16H14O4. The van der Waals surface area contributed by atoms with E-state index in [0.717, 1.165) is 27.3 Å². The van der Waals surface area contributed by atoms with Crippen LogP contribution in [0.5, 0.6) is 5.75 Å². The molecule has 0 aliphatic rings. The van der Waals surface area contributed by atoms with Crippen LogP contribution in [0.3, 0.4) is 0 Å². The molecule has 1 heterocycles. The summed E-state index contributed by atoms with van der Waals surface area (Å²) in [4.78, 5) is 11.6. The third-order valence-corrected chi connectivity index (χ3v) is 3.24. The van der Waals surface area contributed by atoms with Gasteiger partial charge in [-0.1, -0.05) is 6.07 Å². The molecule has 0 bridgehead atoms. The monoisotopic (exact) mass is 270 g/mol. The van der Waals surface area contributed by atoms with Crippen LogP contribution < -0.4 is 0 Å². The number of rotatable bonds is 3. The van der Waals surface area contributed by atoms with Gasteiger partial charge in [0.05, 0.1) is 19.3 Å². The second kappa shape index (κ2) is 4.89. The van der Waals surface area contributed by atoms with Crippen LogP contribution in [0.25, 0.3) is 21.7 Å². The highest BCUT2D eigenvalue weighted by Gasteiger charge is 2.12. The zero-order chi connectivity index (χ0) is 14.1. The average molecular weight is 270 g/mol. The molecule has 3 rings (SSSR count). The summed E-state index contributed by atoms with van der Waals surface area (Å²) in [5.74, 6) is -0.0570. The predicted octanol–water partition coefficient (Wildman–Crippen LogP) is 3.40. The Bertz CT molecular complexity index is 786. The number of hydrogen-bond acceptors (Lipinski definition) is 4. The molecule has 0 amide bonds. The van der Waals surface area contributed by atoms with E-state index >= 15 is 0 Å². The Kier molecular flexibility index (Phi) is 3.06. The fraction of sp³-hybridized carbons (Fsp3) is 0.188. The van der Waals surface area contributed by atoms with Gasteiger partial charge in [-0.05, 0) is 42.0 Å². The number of carbonyl (C=O) groups is 1. The molecule has 20 heavy (non-hydrogen) atoms. The number of phenolic OH excluding ortho intramolecular Hbond substituents is 1. The quantitative estimate of drug-likeness (QED) is 0.741. The molecule has 0 atom stereocenters. The summed E-state index contributed by atoms with van der Waals surface area (Å²) in [5.41, 5.74) is 1.52. The van der Waals surface area contributed by atoms with Crippen molar-refractivity contribution in [2.75, 3.05) is 6.61 Å². The Labute approximate surface area is 115 Å². The lowest BCUT2D eigenvalue weighted by Gasteiger charge is -2.02. The number of fused-ring (bicyclic) bond motifs is 2. The molecule has 0 unspecified atom stereocenters. The molecule has 0 aliphatic carbocycles. The highest BCUT2D eigenvalue weighted by Crippen LogP contribution is 2.29. The van der Waals surface area contributed by atoms with Crippen LogP contribution in [0.15, 0.2) is 41.0 Å². The first-order valence-electron chi connectivity index (χ1n) is 6.46. The number of furan rings is 1. The molecule has 0 radical (unpaired) electrons. The van der Waals surface area contributed by atoms with E-state index in [1.807, 2.05) is 18.2 Å². The number of carbonyl (C=O) groups excluding carboxylic acids is 1. The van der Waals surface area contributed by atoms with Crippen LogP contribution in [0.1, 0.15) is 12.5 Å². The lowest BCUT2D eigenvalue weighted by Crippen LogP contribution is -2.06. The van der Waals surface area contributed by atoms with E-state index in [1.165, 1.54) is 0 Å². The van der Waals surface area contributed by atoms with E-state index in [1.54, 1.807) is 25.3 Å². The maximum Gasteiger partial charge on any atom is 0.310 e. The highest BCUT2D eigenvalue weighted by atomic mass is 16.5. The second-order valence-electron chi connectivity index (χ2n) is 4.62. The number of aromatic hydroxyl groups is 1. The van der Waals surface area contributed by atoms with Gasteiger partial charge in [-0.25, -0.2) is 0 Å². The molecule has 102 valence electrons. The van der Waals surface area contributed by atoms with E-state index in [-0.39, 0.29) is 18.1 Å². The van der Waals surface area contributed by atoms with Crippen molar-refractivity contribution >= 4 is 27.7 Å². The summed E-state index contributed by atoms with van der Waals surface area (Å²) in [5, 5.41) is 12.3. The van der Waals surface area contributed by atoms with Crippen molar-refractivity contribution in [3.05, 3.63) is 42.2 Å². The molecule has 0 saturated heterocycles. The predicted molar refractivity (Wildman–Crippen MR) is 75.7 cm³/mol. The van der Waals surface area contributed by atoms with Crippen LogP contribution in [0, 0.1) is 0 Å². The third-order valence-electron chi connectivity index (χ3n) is 3.24. The molecule has 3 aromatic rings. The van der Waals surface area contributed by atoms with Gasteiger partial charge in [0.1, 0.15) is 11.3 Å². The zero-order valence-corrected chi connectivity index (χ0v) is 11.1. The van der Waals surface area contributed by atoms with Gasteiger partial charge in [-0.2, -0.15) is 0 Å². The maximum absolute atomic E-state index is 11.6. The van der Waals surface area contributed by atoms with Crippen LogP contribution in [-0.2, 0) is 16.0 Å². The molecule has 4 heteroatoms. The van der Waals surface area contributed by atoms with Crippen molar-refractivity contribution in [3.8, 4) is 5.75 Å². The van der Waals surface area contributed by atoms with Gasteiger partial charge in [0, 0.05) is 10.9 Å². The van der Waals surface area contributed by atoms with Gasteiger partial charge < -0.3 is 14.3 Å². The van der Waals surface area contributed by atoms with Gasteiger partial charge >= 0.3 is 5.97 Å². The van der Waals surface area contributed by atoms with Crippen molar-refractivity contribution in [1.82, 2.24) is 0 Å². The van der Waals surface area contributed by atoms with Crippen molar-refractivity contribution < 1.29 is 19.1 Å². The number of benzene rings is 2. The largest absolute Gasteiger partial charge is 0.508 e. The van der Waals surface area contributed by atoms with Crippen LogP contribution in [-0.4, -0.2) is 17.7 Å². The van der Waals surface area contributed by atoms with E-state index in [2.05, 4.69) is 0 Å². The summed E-state index contributed by atoms with van der Waals surface area (Å²) < 4.78 is 10.4. The van der Waals surface area contributed by atoms with Crippen molar-refractivity contribution in [2.24, 2.45) is 0 Å². The number of esters is 1. The summed E-state index contributed by atoms with van der Waals surface area (Å²) >= 11 is 0. The Morgan fingerprint density at radius 1 is 1.25 bits per heavy atom. The minimum absolute atomic E-state index is 0.186. The van der Waals surface area contributed by atoms with Crippen LogP contribution in [0.2, 0.25) is 0 Å². The lowest BCUT2D eigenvalue weighted by molar-refractivity contribution is -0.142. The second-order valence-corrected chi connectivity index (χ2v) is 4.62. The van der Waals surface area contributed by atoms with Crippen LogP contribution >= 0.6 is 0 Å². The average Bonchev–Trinajstić information content (AvgIpc) is 2.79. The molecule has 0 saturated carbocycles. The van der Waals surface area contributed by atoms with Gasteiger partial charge in [0.15, 0.2) is 0 Å². The Morgan fingerprint density at radius 2 is 2.10 bits per heavy atom. The molecule has 0 fully saturated rings. The summed E-state index contributed by atoms with van der Waals surface area (Å²) in [6, 6.07) is 8.98. The van der Waals surface area contributed by atoms with Crippen LogP contribution in [0.4, 0.5) is 0 Å². The summed E-state index contributed by atoms with van der Waals surface area (Å²) in [6.45, 7) is 2.15. The molecule has 0 spiro atoms. The smallest absolute Gasteiger partial charge is 0.310 e. The van der Waals surface area contributed by atoms with Gasteiger partial charge in [0.2, 0.25) is 0 Å². The molecular weight excluding hydrogens is 256 g/mol. The van der Waals surface area contributed by atoms with Crippen molar-refractivity contribution in [2.45, 2.75) is 13.3 Å². The SMILES string of the molecule is CCOC(=O)Cc1coc2cc3ccc(O)cc3cc12. The lowest BCUT2D eigenvalue weighted by atomic mass is 10.0. The number of ether oxygens (including phenoxy) is 1. The molecule has 1 N–H and O–H groups in total. The van der Waals surface area contributed by atoms with Gasteiger partial charge in [-0.3, -0.25) is 4.79 Å². The first-order chi connectivity index (χ1) is 9.67. The summed E-state index contributed by atoms with van der Waals surface area (Å²) in [7, 11) is 0. The minimum atomic E-state index is -0.272.